The van der Waals surface area contributed by atoms with E-state index in [-0.39, 0.29) is 11.9 Å². The van der Waals surface area contributed by atoms with Gasteiger partial charge in [0.2, 0.25) is 0 Å². The van der Waals surface area contributed by atoms with Gasteiger partial charge in [-0.15, -0.1) is 0 Å². The summed E-state index contributed by atoms with van der Waals surface area (Å²) in [6.45, 7) is 2.25. The average Bonchev–Trinajstić information content (AvgIpc) is 2.95. The normalized spacial score (nSPS) is 13.6. The highest BCUT2D eigenvalue weighted by Gasteiger charge is 2.26. The molecule has 3 aromatic carbocycles. The molecule has 0 aromatic heterocycles. The zero-order valence-corrected chi connectivity index (χ0v) is 24.4. The second-order valence-electron chi connectivity index (χ2n) is 9.41. The number of carbonyl (C=O) groups excluding carboxylic acids is 3. The molecule has 0 radical (unpaired) electrons. The number of Topliss-reactive ketones (excluding diaryl/α,β-unsaturated/α-hetero) is 1. The van der Waals surface area contributed by atoms with Gasteiger partial charge in [0.15, 0.2) is 0 Å². The molecule has 2 aliphatic rings. The molecule has 0 bridgehead atoms. The molecule has 0 spiro atoms. The Labute approximate surface area is 238 Å². The molecule has 0 atom stereocenters. The molecule has 40 heavy (non-hydrogen) atoms. The van der Waals surface area contributed by atoms with Crippen molar-refractivity contribution >= 4 is 46.3 Å². The molecule has 210 valence electrons. The van der Waals surface area contributed by atoms with Gasteiger partial charge in [0, 0.05) is 24.7 Å². The van der Waals surface area contributed by atoms with Gasteiger partial charge in [-0.2, -0.15) is 0 Å². The van der Waals surface area contributed by atoms with Crippen molar-refractivity contribution in [3.05, 3.63) is 103 Å². The highest BCUT2D eigenvalue weighted by molar-refractivity contribution is 7.95. The van der Waals surface area contributed by atoms with Crippen LogP contribution in [0, 0.1) is 0 Å². The largest absolute Gasteiger partial charge is 0.463 e. The fourth-order valence-corrected chi connectivity index (χ4v) is 7.85. The SMILES string of the molecule is CCOC(=O)C=C1CCC1.CCOC(=O)C=P(c1ccccc1)(c1ccccc1)c1ccccc1.O=C1CCC1. The van der Waals surface area contributed by atoms with Crippen LogP contribution in [0.5, 0.6) is 0 Å². The first-order valence-electron chi connectivity index (χ1n) is 14.0. The molecule has 0 unspecified atom stereocenters. The maximum absolute atomic E-state index is 12.5. The number of esters is 2. The quantitative estimate of drug-likeness (QED) is 0.210. The molecule has 6 heteroatoms. The zero-order chi connectivity index (χ0) is 28.6. The highest BCUT2D eigenvalue weighted by Crippen LogP contribution is 2.43. The standard InChI is InChI=1S/C22H21O2P.C8H12O2.C4H6O/c1-2-24-22(23)18-25(19-12-6-3-7-13-19,20-14-8-4-9-15-20)21-16-10-5-11-17-21;1-2-10-8(9)6-7-4-3-5-7;5-4-2-1-3-4/h3-18H,2H2,1H3;6H,2-5H2,1H3;1-3H2. The Kier molecular flexibility index (Phi) is 12.7. The van der Waals surface area contributed by atoms with Crippen LogP contribution in [-0.4, -0.2) is 36.7 Å². The van der Waals surface area contributed by atoms with E-state index in [2.05, 4.69) is 36.4 Å². The summed E-state index contributed by atoms with van der Waals surface area (Å²) in [6, 6.07) is 30.7. The van der Waals surface area contributed by atoms with Crippen molar-refractivity contribution in [1.82, 2.24) is 0 Å². The molecular formula is C34H39O5P. The van der Waals surface area contributed by atoms with Crippen LogP contribution in [-0.2, 0) is 23.9 Å². The predicted octanol–water partition coefficient (Wildman–Crippen LogP) is 5.75. The van der Waals surface area contributed by atoms with E-state index in [1.165, 1.54) is 12.0 Å². The lowest BCUT2D eigenvalue weighted by Crippen LogP contribution is -2.29. The Bertz CT molecular complexity index is 1200. The van der Waals surface area contributed by atoms with Crippen molar-refractivity contribution < 1.29 is 23.9 Å². The molecular weight excluding hydrogens is 519 g/mol. The Hall–Kier alpha value is -3.69. The van der Waals surface area contributed by atoms with E-state index < -0.39 is 6.89 Å². The van der Waals surface area contributed by atoms with Gasteiger partial charge in [-0.05, 0) is 62.3 Å². The summed E-state index contributed by atoms with van der Waals surface area (Å²) in [4.78, 5) is 33.2. The number of allylic oxidation sites excluding steroid dienone is 1. The minimum atomic E-state index is -2.24. The van der Waals surface area contributed by atoms with E-state index in [0.717, 1.165) is 48.0 Å². The first-order valence-corrected chi connectivity index (χ1v) is 15.8. The minimum Gasteiger partial charge on any atom is -0.463 e. The fourth-order valence-electron chi connectivity index (χ4n) is 4.19. The maximum Gasteiger partial charge on any atom is 0.331 e. The minimum absolute atomic E-state index is 0.183. The third-order valence-electron chi connectivity index (χ3n) is 6.59. The van der Waals surface area contributed by atoms with Gasteiger partial charge in [0.25, 0.3) is 0 Å². The summed E-state index contributed by atoms with van der Waals surface area (Å²) in [5, 5.41) is 3.42. The van der Waals surface area contributed by atoms with Crippen LogP contribution >= 0.6 is 6.89 Å². The molecule has 0 aliphatic heterocycles. The fraction of sp³-hybridized carbons (Fsp3) is 0.294. The summed E-state index contributed by atoms with van der Waals surface area (Å²) >= 11 is 0. The van der Waals surface area contributed by atoms with Crippen LogP contribution in [0.4, 0.5) is 0 Å². The first kappa shape index (κ1) is 30.8. The molecule has 2 fully saturated rings. The average molecular weight is 559 g/mol. The zero-order valence-electron chi connectivity index (χ0n) is 23.5. The third kappa shape index (κ3) is 8.93. The van der Waals surface area contributed by atoms with Crippen LogP contribution in [0.1, 0.15) is 52.4 Å². The van der Waals surface area contributed by atoms with Gasteiger partial charge < -0.3 is 9.47 Å². The lowest BCUT2D eigenvalue weighted by Gasteiger charge is -2.28. The van der Waals surface area contributed by atoms with E-state index in [9.17, 15) is 14.4 Å². The lowest BCUT2D eigenvalue weighted by atomic mass is 9.92. The van der Waals surface area contributed by atoms with Crippen molar-refractivity contribution in [3.63, 3.8) is 0 Å². The molecule has 5 nitrogen and oxygen atoms in total. The van der Waals surface area contributed by atoms with Crippen LogP contribution in [0.25, 0.3) is 0 Å². The number of benzene rings is 3. The highest BCUT2D eigenvalue weighted by atomic mass is 31.2. The smallest absolute Gasteiger partial charge is 0.331 e. The number of ketones is 1. The Morgan fingerprint density at radius 3 is 1.32 bits per heavy atom. The van der Waals surface area contributed by atoms with Crippen LogP contribution in [0.15, 0.2) is 103 Å². The predicted molar refractivity (Wildman–Crippen MR) is 165 cm³/mol. The Morgan fingerprint density at radius 2 is 1.02 bits per heavy atom. The van der Waals surface area contributed by atoms with Crippen LogP contribution in [0.2, 0.25) is 0 Å². The molecule has 0 amide bonds. The van der Waals surface area contributed by atoms with Gasteiger partial charge in [-0.25, -0.2) is 9.59 Å². The Morgan fingerprint density at radius 1 is 0.650 bits per heavy atom. The number of ether oxygens (including phenoxy) is 2. The number of hydrogen-bond acceptors (Lipinski definition) is 5. The van der Waals surface area contributed by atoms with Gasteiger partial charge in [-0.3, -0.25) is 4.79 Å². The van der Waals surface area contributed by atoms with Crippen LogP contribution < -0.4 is 15.9 Å². The van der Waals surface area contributed by atoms with E-state index >= 15 is 0 Å². The molecule has 2 saturated carbocycles. The summed E-state index contributed by atoms with van der Waals surface area (Å²) < 4.78 is 10.0. The number of hydrogen-bond donors (Lipinski definition) is 0. The van der Waals surface area contributed by atoms with E-state index in [1.54, 1.807) is 11.9 Å². The second kappa shape index (κ2) is 16.4. The summed E-state index contributed by atoms with van der Waals surface area (Å²) in [6.07, 6.45) is 7.84. The first-order chi connectivity index (χ1) is 19.5. The second-order valence-corrected chi connectivity index (χ2v) is 12.7. The van der Waals surface area contributed by atoms with Gasteiger partial charge in [-0.1, -0.05) is 96.6 Å². The van der Waals surface area contributed by atoms with E-state index in [0.29, 0.717) is 19.0 Å². The number of carbonyl (C=O) groups is 3. The molecule has 2 aliphatic carbocycles. The van der Waals surface area contributed by atoms with Crippen molar-refractivity contribution in [2.75, 3.05) is 13.2 Å². The monoisotopic (exact) mass is 558 g/mol. The molecule has 0 N–H and O–H groups in total. The van der Waals surface area contributed by atoms with Crippen molar-refractivity contribution in [2.45, 2.75) is 52.4 Å². The van der Waals surface area contributed by atoms with E-state index in [4.69, 9.17) is 9.47 Å². The molecule has 0 heterocycles. The van der Waals surface area contributed by atoms with E-state index in [1.807, 2.05) is 68.4 Å². The van der Waals surface area contributed by atoms with Gasteiger partial charge >= 0.3 is 11.9 Å². The topological polar surface area (TPSA) is 69.7 Å². The third-order valence-corrected chi connectivity index (χ3v) is 10.5. The molecule has 0 saturated heterocycles. The van der Waals surface area contributed by atoms with Crippen molar-refractivity contribution in [3.8, 4) is 0 Å². The Balaban J connectivity index is 0.000000239. The van der Waals surface area contributed by atoms with Crippen LogP contribution in [0.3, 0.4) is 0 Å². The maximum atomic E-state index is 12.5. The lowest BCUT2D eigenvalue weighted by molar-refractivity contribution is -0.137. The number of rotatable bonds is 7. The van der Waals surface area contributed by atoms with Gasteiger partial charge in [0.1, 0.15) is 5.78 Å². The molecule has 3 aromatic rings. The van der Waals surface area contributed by atoms with Crippen molar-refractivity contribution in [1.29, 1.82) is 0 Å². The molecule has 5 rings (SSSR count). The van der Waals surface area contributed by atoms with Crippen molar-refractivity contribution in [2.24, 2.45) is 0 Å². The van der Waals surface area contributed by atoms with Gasteiger partial charge in [0.05, 0.1) is 13.2 Å². The summed E-state index contributed by atoms with van der Waals surface area (Å²) in [5.41, 5.74) is 1.23. The summed E-state index contributed by atoms with van der Waals surface area (Å²) in [7, 11) is 0. The summed E-state index contributed by atoms with van der Waals surface area (Å²) in [5.74, 6) is 1.78.